The number of nitrogens with one attached hydrogen (secondary N) is 1. The van der Waals surface area contributed by atoms with E-state index in [4.69, 9.17) is 23.7 Å². The molecule has 0 spiro atoms. The second kappa shape index (κ2) is 14.8. The topological polar surface area (TPSA) is 135 Å². The van der Waals surface area contributed by atoms with Crippen LogP contribution in [0.25, 0.3) is 0 Å². The summed E-state index contributed by atoms with van der Waals surface area (Å²) in [6.45, 7) is 5.07. The lowest BCUT2D eigenvalue weighted by Gasteiger charge is -2.37. The van der Waals surface area contributed by atoms with Crippen molar-refractivity contribution in [1.82, 2.24) is 5.32 Å². The third-order valence-electron chi connectivity index (χ3n) is 7.64. The molecule has 1 saturated heterocycles. The Balaban J connectivity index is 1.31. The number of esters is 2. The van der Waals surface area contributed by atoms with Crippen molar-refractivity contribution in [3.63, 3.8) is 0 Å². The highest BCUT2D eigenvalue weighted by molar-refractivity contribution is 6.01. The molecule has 43 heavy (non-hydrogen) atoms. The normalized spacial score (nSPS) is 20.1. The van der Waals surface area contributed by atoms with E-state index in [1.54, 1.807) is 19.9 Å². The zero-order valence-corrected chi connectivity index (χ0v) is 24.8. The first-order valence-corrected chi connectivity index (χ1v) is 14.4. The van der Waals surface area contributed by atoms with Crippen LogP contribution in [0.5, 0.6) is 5.75 Å². The molecule has 2 atom stereocenters. The Morgan fingerprint density at radius 3 is 2.58 bits per heavy atom. The van der Waals surface area contributed by atoms with E-state index in [1.165, 1.54) is 31.5 Å². The fraction of sp³-hybridized carbons (Fsp3) is 0.438. The van der Waals surface area contributed by atoms with Crippen molar-refractivity contribution in [2.75, 3.05) is 33.5 Å². The molecular weight excluding hydrogens is 556 g/mol. The minimum atomic E-state index is -1.36. The van der Waals surface area contributed by atoms with Crippen LogP contribution in [0.4, 0.5) is 5.69 Å². The zero-order valence-electron chi connectivity index (χ0n) is 24.8. The van der Waals surface area contributed by atoms with Gasteiger partial charge >= 0.3 is 11.9 Å². The molecule has 2 heterocycles. The quantitative estimate of drug-likeness (QED) is 0.148. The predicted octanol–water partition coefficient (Wildman–Crippen LogP) is 4.88. The molecule has 0 bridgehead atoms. The lowest BCUT2D eigenvalue weighted by atomic mass is 9.68. The number of non-ortho nitro benzene ring substituents is 1. The molecule has 11 heteroatoms. The fourth-order valence-electron chi connectivity index (χ4n) is 5.25. The molecule has 1 N–H and O–H groups in total. The smallest absolute Gasteiger partial charge is 0.336 e. The van der Waals surface area contributed by atoms with Crippen molar-refractivity contribution in [2.45, 2.75) is 57.7 Å². The van der Waals surface area contributed by atoms with Crippen LogP contribution < -0.4 is 10.1 Å². The highest BCUT2D eigenvalue weighted by Gasteiger charge is 2.46. The molecule has 1 unspecified atom stereocenters. The van der Waals surface area contributed by atoms with Crippen molar-refractivity contribution in [3.05, 3.63) is 92.8 Å². The van der Waals surface area contributed by atoms with E-state index >= 15 is 0 Å². The van der Waals surface area contributed by atoms with Gasteiger partial charge in [-0.05, 0) is 62.8 Å². The number of hydrogen-bond donors (Lipinski definition) is 1. The van der Waals surface area contributed by atoms with E-state index in [0.29, 0.717) is 36.6 Å². The average Bonchev–Trinajstić information content (AvgIpc) is 3.02. The maximum atomic E-state index is 13.3. The summed E-state index contributed by atoms with van der Waals surface area (Å²) in [7, 11) is 1.24. The molecule has 1 fully saturated rings. The average molecular weight is 595 g/mol. The Morgan fingerprint density at radius 1 is 1.09 bits per heavy atom. The van der Waals surface area contributed by atoms with Gasteiger partial charge in [0.25, 0.3) is 5.69 Å². The molecule has 2 aromatic rings. The summed E-state index contributed by atoms with van der Waals surface area (Å²) < 4.78 is 27.8. The maximum Gasteiger partial charge on any atom is 0.336 e. The molecule has 0 saturated carbocycles. The van der Waals surface area contributed by atoms with Crippen LogP contribution in [-0.2, 0) is 40.4 Å². The van der Waals surface area contributed by atoms with Crippen molar-refractivity contribution in [3.8, 4) is 5.75 Å². The first-order valence-electron chi connectivity index (χ1n) is 14.4. The molecule has 2 aromatic carbocycles. The second-order valence-corrected chi connectivity index (χ2v) is 10.5. The number of ether oxygens (including phenoxy) is 5. The van der Waals surface area contributed by atoms with Crippen LogP contribution in [0.2, 0.25) is 0 Å². The molecule has 230 valence electrons. The van der Waals surface area contributed by atoms with Crippen LogP contribution in [0.15, 0.2) is 71.6 Å². The van der Waals surface area contributed by atoms with Gasteiger partial charge in [0.1, 0.15) is 5.75 Å². The summed E-state index contributed by atoms with van der Waals surface area (Å²) in [4.78, 5) is 37.1. The summed E-state index contributed by atoms with van der Waals surface area (Å²) in [5, 5.41) is 14.4. The van der Waals surface area contributed by atoms with E-state index in [0.717, 1.165) is 37.9 Å². The minimum absolute atomic E-state index is 0.0656. The Bertz CT molecular complexity index is 1360. The number of rotatable bonds is 13. The lowest BCUT2D eigenvalue weighted by molar-refractivity contribution is -0.384. The lowest BCUT2D eigenvalue weighted by Crippen LogP contribution is -2.41. The van der Waals surface area contributed by atoms with Crippen molar-refractivity contribution in [2.24, 2.45) is 0 Å². The molecule has 2 aliphatic rings. The van der Waals surface area contributed by atoms with E-state index < -0.39 is 22.3 Å². The third-order valence-corrected chi connectivity index (χ3v) is 7.64. The largest absolute Gasteiger partial charge is 0.493 e. The first kappa shape index (κ1) is 31.7. The van der Waals surface area contributed by atoms with Gasteiger partial charge in [-0.3, -0.25) is 10.1 Å². The van der Waals surface area contributed by atoms with Gasteiger partial charge < -0.3 is 29.0 Å². The number of benzene rings is 2. The standard InChI is InChI=1S/C32H38N2O9/c1-22-29(31(36)39-3)32(2,24-8-6-9-25(20-24)34(37)38)27(21-33-22)30(35)43-18-7-17-40-26-13-11-23(12-14-26)15-19-42-28-10-4-5-16-41-28/h6,8-9,11-14,20-21,28,33H,4-5,7,10,15-19H2,1-3H3/t28-,32?/m0/s1. The maximum absolute atomic E-state index is 13.3. The van der Waals surface area contributed by atoms with Gasteiger partial charge in [-0.25, -0.2) is 9.59 Å². The number of nitro benzene ring substituents is 1. The van der Waals surface area contributed by atoms with Gasteiger partial charge in [0.2, 0.25) is 0 Å². The predicted molar refractivity (Wildman–Crippen MR) is 157 cm³/mol. The number of nitro groups is 1. The molecular formula is C32H38N2O9. The number of carbonyl (C=O) groups excluding carboxylic acids is 2. The Morgan fingerprint density at radius 2 is 1.88 bits per heavy atom. The summed E-state index contributed by atoms with van der Waals surface area (Å²) in [6.07, 6.45) is 5.75. The van der Waals surface area contributed by atoms with Crippen LogP contribution in [0.3, 0.4) is 0 Å². The van der Waals surface area contributed by atoms with E-state index in [9.17, 15) is 19.7 Å². The minimum Gasteiger partial charge on any atom is -0.493 e. The monoisotopic (exact) mass is 594 g/mol. The van der Waals surface area contributed by atoms with E-state index in [1.807, 2.05) is 24.3 Å². The molecule has 0 radical (unpaired) electrons. The molecule has 2 aliphatic heterocycles. The Kier molecular flexibility index (Phi) is 10.9. The number of carbonyl (C=O) groups is 2. The summed E-state index contributed by atoms with van der Waals surface area (Å²) in [5.41, 5.74) is 0.723. The number of nitrogens with zero attached hydrogens (tertiary/aromatic N) is 1. The van der Waals surface area contributed by atoms with Gasteiger partial charge in [-0.1, -0.05) is 24.3 Å². The SMILES string of the molecule is COC(=O)C1=C(C)NC=C(C(=O)OCCCOc2ccc(CCO[C@H]3CCCCO3)cc2)C1(C)c1cccc([N+](=O)[O-])c1. The molecule has 11 nitrogen and oxygen atoms in total. The van der Waals surface area contributed by atoms with Gasteiger partial charge in [-0.2, -0.15) is 0 Å². The number of hydrogen-bond acceptors (Lipinski definition) is 10. The van der Waals surface area contributed by atoms with Gasteiger partial charge in [0.05, 0.1) is 48.4 Å². The fourth-order valence-corrected chi connectivity index (χ4v) is 5.25. The van der Waals surface area contributed by atoms with Crippen molar-refractivity contribution >= 4 is 17.6 Å². The number of methoxy groups -OCH3 is 1. The van der Waals surface area contributed by atoms with Crippen LogP contribution >= 0.6 is 0 Å². The van der Waals surface area contributed by atoms with Gasteiger partial charge in [0, 0.05) is 37.1 Å². The summed E-state index contributed by atoms with van der Waals surface area (Å²) >= 11 is 0. The van der Waals surface area contributed by atoms with Crippen LogP contribution in [0.1, 0.15) is 50.7 Å². The van der Waals surface area contributed by atoms with E-state index in [2.05, 4.69) is 5.32 Å². The van der Waals surface area contributed by atoms with E-state index in [-0.39, 0.29) is 29.7 Å². The highest BCUT2D eigenvalue weighted by atomic mass is 16.7. The number of allylic oxidation sites excluding steroid dienone is 1. The number of dihydropyridines is 1. The Labute approximate surface area is 250 Å². The molecule has 0 amide bonds. The zero-order chi connectivity index (χ0) is 30.8. The molecule has 0 aromatic heterocycles. The molecule has 0 aliphatic carbocycles. The first-order chi connectivity index (χ1) is 20.7. The third kappa shape index (κ3) is 7.79. The van der Waals surface area contributed by atoms with Crippen molar-refractivity contribution in [1.29, 1.82) is 0 Å². The summed E-state index contributed by atoms with van der Waals surface area (Å²) in [6, 6.07) is 13.6. The van der Waals surface area contributed by atoms with Gasteiger partial charge in [-0.15, -0.1) is 0 Å². The summed E-state index contributed by atoms with van der Waals surface area (Å²) in [5.74, 6) is -0.629. The highest BCUT2D eigenvalue weighted by Crippen LogP contribution is 2.44. The molecule has 4 rings (SSSR count). The van der Waals surface area contributed by atoms with Gasteiger partial charge in [0.15, 0.2) is 6.29 Å². The van der Waals surface area contributed by atoms with Crippen molar-refractivity contribution < 1.29 is 38.2 Å². The second-order valence-electron chi connectivity index (χ2n) is 10.5. The Hall–Kier alpha value is -4.22. The van der Waals surface area contributed by atoms with Crippen LogP contribution in [0, 0.1) is 10.1 Å². The van der Waals surface area contributed by atoms with Crippen LogP contribution in [-0.4, -0.2) is 56.7 Å².